The molecule has 3 aromatic rings. The van der Waals surface area contributed by atoms with Gasteiger partial charge in [-0.2, -0.15) is 0 Å². The topological polar surface area (TPSA) is 56.3 Å². The number of hydrogen-bond donors (Lipinski definition) is 2. The summed E-state index contributed by atoms with van der Waals surface area (Å²) < 4.78 is 0. The number of fused-ring (bicyclic) bond motifs is 3. The quantitative estimate of drug-likeness (QED) is 0.717. The van der Waals surface area contributed by atoms with Crippen molar-refractivity contribution < 1.29 is 9.90 Å². The maximum absolute atomic E-state index is 11.7. The molecule has 0 bridgehead atoms. The minimum absolute atomic E-state index is 0.269. The second-order valence-electron chi connectivity index (χ2n) is 5.60. The number of carbonyl (C=O) groups is 1. The van der Waals surface area contributed by atoms with Crippen LogP contribution >= 0.6 is 0 Å². The lowest BCUT2D eigenvalue weighted by Gasteiger charge is -2.34. The second kappa shape index (κ2) is 4.91. The second-order valence-corrected chi connectivity index (χ2v) is 5.60. The van der Waals surface area contributed by atoms with Crippen molar-refractivity contribution in [3.05, 3.63) is 71.4 Å². The van der Waals surface area contributed by atoms with Crippen molar-refractivity contribution in [3.63, 3.8) is 0 Å². The Labute approximate surface area is 128 Å². The lowest BCUT2D eigenvalue weighted by Crippen LogP contribution is -2.39. The summed E-state index contributed by atoms with van der Waals surface area (Å²) in [4.78, 5) is 16.6. The summed E-state index contributed by atoms with van der Waals surface area (Å²) in [6, 6.07) is 17.7. The van der Waals surface area contributed by atoms with Crippen LogP contribution < -0.4 is 0 Å². The van der Waals surface area contributed by atoms with Crippen LogP contribution in [0.5, 0.6) is 0 Å². The van der Waals surface area contributed by atoms with Crippen molar-refractivity contribution in [1.82, 2.24) is 9.88 Å². The van der Waals surface area contributed by atoms with Crippen LogP contribution in [-0.2, 0) is 6.42 Å². The Morgan fingerprint density at radius 3 is 2.59 bits per heavy atom. The van der Waals surface area contributed by atoms with Crippen LogP contribution in [0.15, 0.2) is 54.6 Å². The summed E-state index contributed by atoms with van der Waals surface area (Å²) in [6.45, 7) is 0.518. The zero-order valence-electron chi connectivity index (χ0n) is 12.0. The molecular weight excluding hydrogens is 276 g/mol. The fraction of sp³-hybridized carbons (Fsp3) is 0.167. The molecule has 0 saturated heterocycles. The maximum Gasteiger partial charge on any atom is 0.408 e. The Morgan fingerprint density at radius 2 is 1.82 bits per heavy atom. The van der Waals surface area contributed by atoms with E-state index in [1.54, 1.807) is 0 Å². The summed E-state index contributed by atoms with van der Waals surface area (Å²) >= 11 is 0. The lowest BCUT2D eigenvalue weighted by molar-refractivity contribution is 0.128. The van der Waals surface area contributed by atoms with E-state index in [9.17, 15) is 9.90 Å². The summed E-state index contributed by atoms with van der Waals surface area (Å²) in [6.07, 6.45) is -0.132. The number of H-pyrrole nitrogens is 1. The van der Waals surface area contributed by atoms with Crippen molar-refractivity contribution in [2.45, 2.75) is 12.5 Å². The first-order valence-electron chi connectivity index (χ1n) is 7.39. The van der Waals surface area contributed by atoms with Crippen LogP contribution in [-0.4, -0.2) is 27.6 Å². The Bertz CT molecular complexity index is 839. The number of aromatic amines is 1. The van der Waals surface area contributed by atoms with Crippen LogP contribution in [0.3, 0.4) is 0 Å². The molecular formula is C18H16N2O2. The smallest absolute Gasteiger partial charge is 0.408 e. The summed E-state index contributed by atoms with van der Waals surface area (Å²) in [5.41, 5.74) is 4.31. The van der Waals surface area contributed by atoms with Crippen LogP contribution in [0.1, 0.15) is 22.9 Å². The Hall–Kier alpha value is -2.75. The van der Waals surface area contributed by atoms with Gasteiger partial charge in [0.25, 0.3) is 0 Å². The fourth-order valence-electron chi connectivity index (χ4n) is 3.43. The van der Waals surface area contributed by atoms with Gasteiger partial charge < -0.3 is 10.1 Å². The van der Waals surface area contributed by atoms with Crippen molar-refractivity contribution in [2.24, 2.45) is 0 Å². The Balaban J connectivity index is 1.94. The molecule has 110 valence electrons. The number of amides is 1. The van der Waals surface area contributed by atoms with E-state index >= 15 is 0 Å². The fourth-order valence-corrected chi connectivity index (χ4v) is 3.43. The molecule has 1 atom stereocenters. The summed E-state index contributed by atoms with van der Waals surface area (Å²) in [5.74, 6) is 0. The number of para-hydroxylation sites is 1. The van der Waals surface area contributed by atoms with Crippen LogP contribution in [0, 0.1) is 0 Å². The third-order valence-electron chi connectivity index (χ3n) is 4.40. The van der Waals surface area contributed by atoms with Gasteiger partial charge in [0, 0.05) is 23.1 Å². The molecule has 4 nitrogen and oxygen atoms in total. The standard InChI is InChI=1S/C18H16N2O2/c21-18(22)20-11-10-14-13-8-4-5-9-15(13)19-16(14)17(20)12-6-2-1-3-7-12/h1-9,17,19H,10-11H2,(H,21,22). The number of nitrogens with one attached hydrogen (secondary N) is 1. The summed E-state index contributed by atoms with van der Waals surface area (Å²) in [5, 5.41) is 10.8. The minimum Gasteiger partial charge on any atom is -0.465 e. The predicted octanol–water partition coefficient (Wildman–Crippen LogP) is 3.79. The molecule has 0 spiro atoms. The molecule has 1 aliphatic heterocycles. The predicted molar refractivity (Wildman–Crippen MR) is 85.0 cm³/mol. The molecule has 2 N–H and O–H groups in total. The third kappa shape index (κ3) is 1.88. The molecule has 1 amide bonds. The highest BCUT2D eigenvalue weighted by Gasteiger charge is 2.34. The monoisotopic (exact) mass is 292 g/mol. The minimum atomic E-state index is -0.877. The van der Waals surface area contributed by atoms with Gasteiger partial charge in [0.2, 0.25) is 0 Å². The highest BCUT2D eigenvalue weighted by Crippen LogP contribution is 2.38. The zero-order valence-corrected chi connectivity index (χ0v) is 12.0. The highest BCUT2D eigenvalue weighted by atomic mass is 16.4. The lowest BCUT2D eigenvalue weighted by atomic mass is 9.93. The first-order valence-corrected chi connectivity index (χ1v) is 7.39. The number of benzene rings is 2. The molecule has 1 aromatic heterocycles. The van der Waals surface area contributed by atoms with E-state index in [1.165, 1.54) is 15.8 Å². The van der Waals surface area contributed by atoms with E-state index in [1.807, 2.05) is 48.5 Å². The van der Waals surface area contributed by atoms with E-state index in [-0.39, 0.29) is 6.04 Å². The Kier molecular flexibility index (Phi) is 2.89. The summed E-state index contributed by atoms with van der Waals surface area (Å²) in [7, 11) is 0. The first-order chi connectivity index (χ1) is 10.8. The maximum atomic E-state index is 11.7. The van der Waals surface area contributed by atoms with Gasteiger partial charge in [0.15, 0.2) is 0 Å². The normalized spacial score (nSPS) is 17.5. The van der Waals surface area contributed by atoms with Gasteiger partial charge in [-0.3, -0.25) is 4.90 Å². The van der Waals surface area contributed by atoms with E-state index in [4.69, 9.17) is 0 Å². The highest BCUT2D eigenvalue weighted by molar-refractivity contribution is 5.86. The van der Waals surface area contributed by atoms with Gasteiger partial charge in [-0.05, 0) is 23.6 Å². The van der Waals surface area contributed by atoms with Crippen molar-refractivity contribution in [2.75, 3.05) is 6.54 Å². The largest absolute Gasteiger partial charge is 0.465 e. The molecule has 0 saturated carbocycles. The molecule has 2 aromatic carbocycles. The molecule has 22 heavy (non-hydrogen) atoms. The van der Waals surface area contributed by atoms with Crippen molar-refractivity contribution in [3.8, 4) is 0 Å². The van der Waals surface area contributed by atoms with Crippen molar-refractivity contribution in [1.29, 1.82) is 0 Å². The molecule has 1 aliphatic rings. The molecule has 0 aliphatic carbocycles. The molecule has 2 heterocycles. The molecule has 4 heteroatoms. The number of hydrogen-bond acceptors (Lipinski definition) is 1. The molecule has 4 rings (SSSR count). The van der Waals surface area contributed by atoms with Gasteiger partial charge in [0.1, 0.15) is 6.04 Å². The van der Waals surface area contributed by atoms with Crippen molar-refractivity contribution >= 4 is 17.0 Å². The van der Waals surface area contributed by atoms with Crippen LogP contribution in [0.25, 0.3) is 10.9 Å². The number of carboxylic acid groups (broad SMARTS) is 1. The van der Waals surface area contributed by atoms with E-state index in [2.05, 4.69) is 11.1 Å². The van der Waals surface area contributed by atoms with Gasteiger partial charge >= 0.3 is 6.09 Å². The number of rotatable bonds is 1. The average molecular weight is 292 g/mol. The number of aromatic nitrogens is 1. The van der Waals surface area contributed by atoms with Gasteiger partial charge in [-0.15, -0.1) is 0 Å². The zero-order chi connectivity index (χ0) is 15.1. The number of nitrogens with zero attached hydrogens (tertiary/aromatic N) is 1. The molecule has 1 unspecified atom stereocenters. The SMILES string of the molecule is O=C(O)N1CCc2c([nH]c3ccccc23)C1c1ccccc1. The van der Waals surface area contributed by atoms with E-state index < -0.39 is 6.09 Å². The van der Waals surface area contributed by atoms with E-state index in [0.29, 0.717) is 6.54 Å². The van der Waals surface area contributed by atoms with Gasteiger partial charge in [-0.1, -0.05) is 48.5 Å². The molecule has 0 fully saturated rings. The van der Waals surface area contributed by atoms with E-state index in [0.717, 1.165) is 23.2 Å². The average Bonchev–Trinajstić information content (AvgIpc) is 2.93. The molecule has 0 radical (unpaired) electrons. The van der Waals surface area contributed by atoms with Crippen LogP contribution in [0.4, 0.5) is 4.79 Å². The first kappa shape index (κ1) is 13.0. The Morgan fingerprint density at radius 1 is 1.09 bits per heavy atom. The van der Waals surface area contributed by atoms with Gasteiger partial charge in [0.05, 0.1) is 0 Å². The van der Waals surface area contributed by atoms with Crippen LogP contribution in [0.2, 0.25) is 0 Å². The third-order valence-corrected chi connectivity index (χ3v) is 4.40. The van der Waals surface area contributed by atoms with Gasteiger partial charge in [-0.25, -0.2) is 4.79 Å².